The predicted octanol–water partition coefficient (Wildman–Crippen LogP) is 4.14. The molecular weight excluding hydrogens is 374 g/mol. The first-order valence-corrected chi connectivity index (χ1v) is 10.5. The largest absolute Gasteiger partial charge is 0.497 e. The molecule has 0 radical (unpaired) electrons. The van der Waals surface area contributed by atoms with Crippen LogP contribution in [0.1, 0.15) is 29.0 Å². The first kappa shape index (κ1) is 20.6. The van der Waals surface area contributed by atoms with Crippen LogP contribution in [0.2, 0.25) is 0 Å². The predicted molar refractivity (Wildman–Crippen MR) is 119 cm³/mol. The van der Waals surface area contributed by atoms with E-state index >= 15 is 0 Å². The Morgan fingerprint density at radius 3 is 2.10 bits per heavy atom. The molecule has 4 nitrogen and oxygen atoms in total. The van der Waals surface area contributed by atoms with Crippen LogP contribution < -0.4 is 10.1 Å². The van der Waals surface area contributed by atoms with Gasteiger partial charge >= 0.3 is 0 Å². The Hall–Kier alpha value is -2.66. The highest BCUT2D eigenvalue weighted by Gasteiger charge is 2.35. The summed E-state index contributed by atoms with van der Waals surface area (Å²) in [6.45, 7) is 1.03. The Morgan fingerprint density at radius 1 is 0.933 bits per heavy atom. The minimum atomic E-state index is -0.522. The Labute approximate surface area is 178 Å². The van der Waals surface area contributed by atoms with Crippen molar-refractivity contribution < 1.29 is 14.6 Å². The molecule has 4 heteroatoms. The van der Waals surface area contributed by atoms with Crippen molar-refractivity contribution in [3.05, 3.63) is 102 Å². The average molecular weight is 404 g/mol. The van der Waals surface area contributed by atoms with Gasteiger partial charge in [-0.3, -0.25) is 0 Å². The van der Waals surface area contributed by atoms with E-state index in [0.29, 0.717) is 13.2 Å². The lowest BCUT2D eigenvalue weighted by molar-refractivity contribution is -0.0791. The summed E-state index contributed by atoms with van der Waals surface area (Å²) < 4.78 is 11.4. The van der Waals surface area contributed by atoms with Crippen LogP contribution in [0.5, 0.6) is 5.75 Å². The Bertz CT molecular complexity index is 859. The lowest BCUT2D eigenvalue weighted by Gasteiger charge is -2.38. The summed E-state index contributed by atoms with van der Waals surface area (Å²) in [6, 6.07) is 29.0. The van der Waals surface area contributed by atoms with Gasteiger partial charge in [0.25, 0.3) is 0 Å². The molecule has 0 spiro atoms. The zero-order chi connectivity index (χ0) is 20.8. The van der Waals surface area contributed by atoms with Gasteiger partial charge in [-0.15, -0.1) is 0 Å². The van der Waals surface area contributed by atoms with E-state index in [1.165, 1.54) is 11.1 Å². The van der Waals surface area contributed by atoms with Crippen LogP contribution in [-0.4, -0.2) is 37.1 Å². The van der Waals surface area contributed by atoms with E-state index in [4.69, 9.17) is 9.47 Å². The van der Waals surface area contributed by atoms with Crippen LogP contribution in [0.4, 0.5) is 0 Å². The van der Waals surface area contributed by atoms with Gasteiger partial charge in [0, 0.05) is 18.5 Å². The van der Waals surface area contributed by atoms with Crippen LogP contribution in [0.25, 0.3) is 0 Å². The molecule has 0 aromatic heterocycles. The number of hydrogen-bond acceptors (Lipinski definition) is 4. The van der Waals surface area contributed by atoms with Crippen molar-refractivity contribution in [1.29, 1.82) is 0 Å². The smallest absolute Gasteiger partial charge is 0.118 e. The van der Waals surface area contributed by atoms with Crippen LogP contribution in [0.3, 0.4) is 0 Å². The summed E-state index contributed by atoms with van der Waals surface area (Å²) in [4.78, 5) is 0. The maximum Gasteiger partial charge on any atom is 0.118 e. The summed E-state index contributed by atoms with van der Waals surface area (Å²) in [7, 11) is 1.67. The van der Waals surface area contributed by atoms with Crippen LogP contribution in [0.15, 0.2) is 84.9 Å². The topological polar surface area (TPSA) is 50.7 Å². The van der Waals surface area contributed by atoms with E-state index in [1.807, 2.05) is 36.4 Å². The molecule has 0 aliphatic carbocycles. The fraction of sp³-hybridized carbons (Fsp3) is 0.308. The first-order chi connectivity index (χ1) is 14.7. The van der Waals surface area contributed by atoms with Crippen LogP contribution in [-0.2, 0) is 11.3 Å². The molecule has 0 bridgehead atoms. The molecule has 3 aromatic rings. The number of hydrogen-bond donors (Lipinski definition) is 2. The summed E-state index contributed by atoms with van der Waals surface area (Å²) in [5.74, 6) is 0.976. The van der Waals surface area contributed by atoms with Gasteiger partial charge in [0.15, 0.2) is 0 Å². The van der Waals surface area contributed by atoms with Crippen molar-refractivity contribution in [2.24, 2.45) is 0 Å². The number of methoxy groups -OCH3 is 1. The van der Waals surface area contributed by atoms with E-state index < -0.39 is 6.10 Å². The fourth-order valence-corrected chi connectivity index (χ4v) is 4.20. The number of ether oxygens (including phenoxy) is 2. The lowest BCUT2D eigenvalue weighted by atomic mass is 9.82. The number of aliphatic hydroxyl groups is 1. The van der Waals surface area contributed by atoms with Gasteiger partial charge in [0.05, 0.1) is 25.9 Å². The van der Waals surface area contributed by atoms with E-state index in [-0.39, 0.29) is 18.1 Å². The van der Waals surface area contributed by atoms with Crippen molar-refractivity contribution in [2.75, 3.05) is 13.7 Å². The highest BCUT2D eigenvalue weighted by molar-refractivity contribution is 5.34. The Morgan fingerprint density at radius 2 is 1.53 bits per heavy atom. The molecule has 1 saturated heterocycles. The van der Waals surface area contributed by atoms with Crippen LogP contribution in [0, 0.1) is 0 Å². The van der Waals surface area contributed by atoms with E-state index in [2.05, 4.69) is 53.8 Å². The van der Waals surface area contributed by atoms with E-state index in [0.717, 1.165) is 17.7 Å². The minimum absolute atomic E-state index is 0.00781. The van der Waals surface area contributed by atoms with Gasteiger partial charge in [0.2, 0.25) is 0 Å². The quantitative estimate of drug-likeness (QED) is 0.623. The van der Waals surface area contributed by atoms with Gasteiger partial charge in [-0.1, -0.05) is 72.8 Å². The Kier molecular flexibility index (Phi) is 6.80. The molecule has 4 rings (SSSR count). The van der Waals surface area contributed by atoms with Crippen molar-refractivity contribution in [3.8, 4) is 5.75 Å². The van der Waals surface area contributed by atoms with Crippen LogP contribution >= 0.6 is 0 Å². The van der Waals surface area contributed by atoms with Gasteiger partial charge in [0.1, 0.15) is 5.75 Å². The van der Waals surface area contributed by atoms with Crippen molar-refractivity contribution in [1.82, 2.24) is 5.32 Å². The molecule has 3 aromatic carbocycles. The van der Waals surface area contributed by atoms with E-state index in [1.54, 1.807) is 7.11 Å². The zero-order valence-electron chi connectivity index (χ0n) is 17.3. The second-order valence-corrected chi connectivity index (χ2v) is 7.81. The normalized spacial score (nSPS) is 21.5. The molecule has 0 amide bonds. The van der Waals surface area contributed by atoms with Crippen molar-refractivity contribution in [2.45, 2.75) is 37.1 Å². The molecule has 0 unspecified atom stereocenters. The number of benzene rings is 3. The Balaban J connectivity index is 1.49. The minimum Gasteiger partial charge on any atom is -0.497 e. The zero-order valence-corrected chi connectivity index (χ0v) is 17.3. The van der Waals surface area contributed by atoms with E-state index in [9.17, 15) is 5.11 Å². The molecule has 2 N–H and O–H groups in total. The summed E-state index contributed by atoms with van der Waals surface area (Å²) in [5.41, 5.74) is 3.63. The van der Waals surface area contributed by atoms with Gasteiger partial charge in [-0.25, -0.2) is 0 Å². The molecule has 1 heterocycles. The SMILES string of the molecule is COc1ccc(CN[C@H]2C[C@H](C(c3ccccc3)c3ccccc3)OC[C@H]2O)cc1. The summed E-state index contributed by atoms with van der Waals surface area (Å²) in [6.07, 6.45) is 0.212. The molecule has 1 aliphatic heterocycles. The standard InChI is InChI=1S/C26H29NO3/c1-29-22-14-12-19(13-15-22)17-27-23-16-25(30-18-24(23)28)26(20-8-4-2-5-9-20)21-10-6-3-7-11-21/h2-15,23-28H,16-18H2,1H3/t23-,24+,25+/m0/s1. The molecule has 3 atom stereocenters. The van der Waals surface area contributed by atoms with Gasteiger partial charge in [-0.2, -0.15) is 0 Å². The maximum absolute atomic E-state index is 10.6. The number of rotatable bonds is 7. The average Bonchev–Trinajstić information content (AvgIpc) is 2.81. The first-order valence-electron chi connectivity index (χ1n) is 10.5. The number of nitrogens with one attached hydrogen (secondary N) is 1. The monoisotopic (exact) mass is 403 g/mol. The maximum atomic E-state index is 10.6. The molecular formula is C26H29NO3. The summed E-state index contributed by atoms with van der Waals surface area (Å²) >= 11 is 0. The lowest BCUT2D eigenvalue weighted by Crippen LogP contribution is -2.50. The van der Waals surface area contributed by atoms with Gasteiger partial charge in [-0.05, 0) is 35.2 Å². The molecule has 1 aliphatic rings. The third-order valence-corrected chi connectivity index (χ3v) is 5.85. The molecule has 156 valence electrons. The highest BCUT2D eigenvalue weighted by atomic mass is 16.5. The molecule has 0 saturated carbocycles. The van der Waals surface area contributed by atoms with Crippen molar-refractivity contribution in [3.63, 3.8) is 0 Å². The molecule has 30 heavy (non-hydrogen) atoms. The van der Waals surface area contributed by atoms with Gasteiger partial charge < -0.3 is 19.9 Å². The van der Waals surface area contributed by atoms with Crippen molar-refractivity contribution >= 4 is 0 Å². The second-order valence-electron chi connectivity index (χ2n) is 7.81. The summed E-state index contributed by atoms with van der Waals surface area (Å²) in [5, 5.41) is 14.1. The highest BCUT2D eigenvalue weighted by Crippen LogP contribution is 2.34. The third-order valence-electron chi connectivity index (χ3n) is 5.85. The fourth-order valence-electron chi connectivity index (χ4n) is 4.20. The second kappa shape index (κ2) is 9.90. The number of aliphatic hydroxyl groups excluding tert-OH is 1. The third kappa shape index (κ3) is 4.90. The molecule has 1 fully saturated rings.